The first-order chi connectivity index (χ1) is 15.1. The monoisotopic (exact) mass is 412 g/mol. The van der Waals surface area contributed by atoms with Gasteiger partial charge in [-0.15, -0.1) is 0 Å². The van der Waals surface area contributed by atoms with E-state index >= 15 is 0 Å². The molecule has 2 heterocycles. The first-order valence-corrected chi connectivity index (χ1v) is 10.4. The number of rotatable bonds is 7. The summed E-state index contributed by atoms with van der Waals surface area (Å²) < 4.78 is 0. The number of nitrogens with zero attached hydrogens (tertiary/aromatic N) is 2. The van der Waals surface area contributed by atoms with Gasteiger partial charge < -0.3 is 5.11 Å². The SMILES string of the molecule is CCc1ccc(N2C(=O)C(O)=C(C(=O)CCc3ccccc3)C2c2ccncc2)cc1. The number of aliphatic hydroxyl groups is 1. The molecule has 0 spiro atoms. The van der Waals surface area contributed by atoms with Gasteiger partial charge in [-0.2, -0.15) is 0 Å². The minimum absolute atomic E-state index is 0.145. The van der Waals surface area contributed by atoms with Crippen molar-refractivity contribution in [3.05, 3.63) is 107 Å². The third-order valence-corrected chi connectivity index (χ3v) is 5.64. The predicted octanol–water partition coefficient (Wildman–Crippen LogP) is 4.75. The molecule has 0 bridgehead atoms. The second kappa shape index (κ2) is 8.96. The number of aryl methyl sites for hydroxylation is 2. The van der Waals surface area contributed by atoms with Crippen LogP contribution in [0.4, 0.5) is 5.69 Å². The number of hydrogen-bond acceptors (Lipinski definition) is 4. The molecule has 1 N–H and O–H groups in total. The highest BCUT2D eigenvalue weighted by Gasteiger charge is 2.44. The molecule has 31 heavy (non-hydrogen) atoms. The van der Waals surface area contributed by atoms with Crippen LogP contribution in [0.1, 0.15) is 36.1 Å². The van der Waals surface area contributed by atoms with Gasteiger partial charge in [-0.25, -0.2) is 0 Å². The van der Waals surface area contributed by atoms with E-state index < -0.39 is 17.7 Å². The number of aromatic nitrogens is 1. The molecule has 2 aromatic carbocycles. The van der Waals surface area contributed by atoms with Crippen molar-refractivity contribution in [1.29, 1.82) is 0 Å². The lowest BCUT2D eigenvalue weighted by molar-refractivity contribution is -0.118. The fraction of sp³-hybridized carbons (Fsp3) is 0.192. The number of pyridine rings is 1. The Morgan fingerprint density at radius 1 is 0.968 bits per heavy atom. The van der Waals surface area contributed by atoms with E-state index in [0.717, 1.165) is 23.1 Å². The highest BCUT2D eigenvalue weighted by molar-refractivity contribution is 6.16. The second-order valence-electron chi connectivity index (χ2n) is 7.55. The van der Waals surface area contributed by atoms with Crippen LogP contribution < -0.4 is 4.90 Å². The molecule has 4 rings (SSSR count). The average Bonchev–Trinajstić information content (AvgIpc) is 3.09. The molecule has 0 aliphatic carbocycles. The summed E-state index contributed by atoms with van der Waals surface area (Å²) in [5.74, 6) is -1.27. The molecule has 1 unspecified atom stereocenters. The van der Waals surface area contributed by atoms with E-state index in [1.807, 2.05) is 54.6 Å². The highest BCUT2D eigenvalue weighted by Crippen LogP contribution is 2.41. The summed E-state index contributed by atoms with van der Waals surface area (Å²) in [5, 5.41) is 10.7. The lowest BCUT2D eigenvalue weighted by Crippen LogP contribution is -2.31. The van der Waals surface area contributed by atoms with Gasteiger partial charge in [0.25, 0.3) is 5.91 Å². The Kier molecular flexibility index (Phi) is 5.94. The number of benzene rings is 2. The molecule has 0 saturated carbocycles. The van der Waals surface area contributed by atoms with E-state index in [2.05, 4.69) is 11.9 Å². The van der Waals surface area contributed by atoms with E-state index in [0.29, 0.717) is 12.1 Å². The molecule has 0 saturated heterocycles. The Morgan fingerprint density at radius 2 is 1.65 bits per heavy atom. The number of amides is 1. The van der Waals surface area contributed by atoms with Crippen molar-refractivity contribution in [2.24, 2.45) is 0 Å². The molecule has 1 aromatic heterocycles. The summed E-state index contributed by atoms with van der Waals surface area (Å²) in [6, 6.07) is 20.2. The van der Waals surface area contributed by atoms with Crippen LogP contribution in [-0.2, 0) is 22.4 Å². The molecular formula is C26H24N2O3. The number of anilines is 1. The van der Waals surface area contributed by atoms with Gasteiger partial charge in [0.05, 0.1) is 11.6 Å². The molecule has 0 radical (unpaired) electrons. The van der Waals surface area contributed by atoms with Gasteiger partial charge in [0.15, 0.2) is 11.5 Å². The van der Waals surface area contributed by atoms with Gasteiger partial charge in [0, 0.05) is 24.5 Å². The molecule has 5 heteroatoms. The number of hydrogen-bond donors (Lipinski definition) is 1. The van der Waals surface area contributed by atoms with Crippen molar-refractivity contribution in [1.82, 2.24) is 4.98 Å². The quantitative estimate of drug-likeness (QED) is 0.608. The van der Waals surface area contributed by atoms with Crippen molar-refractivity contribution >= 4 is 17.4 Å². The molecule has 0 fully saturated rings. The van der Waals surface area contributed by atoms with Crippen LogP contribution in [0, 0.1) is 0 Å². The molecule has 1 aliphatic rings. The first kappa shape index (κ1) is 20.5. The molecule has 1 atom stereocenters. The summed E-state index contributed by atoms with van der Waals surface area (Å²) in [6.07, 6.45) is 4.88. The van der Waals surface area contributed by atoms with Crippen LogP contribution in [0.2, 0.25) is 0 Å². The average molecular weight is 412 g/mol. The summed E-state index contributed by atoms with van der Waals surface area (Å²) >= 11 is 0. The molecular weight excluding hydrogens is 388 g/mol. The largest absolute Gasteiger partial charge is 0.503 e. The maximum absolute atomic E-state index is 13.2. The molecule has 3 aromatic rings. The number of ketones is 1. The van der Waals surface area contributed by atoms with E-state index in [1.165, 1.54) is 4.90 Å². The van der Waals surface area contributed by atoms with E-state index in [9.17, 15) is 14.7 Å². The number of carbonyl (C=O) groups is 2. The van der Waals surface area contributed by atoms with Crippen molar-refractivity contribution in [3.63, 3.8) is 0 Å². The van der Waals surface area contributed by atoms with Gasteiger partial charge >= 0.3 is 0 Å². The van der Waals surface area contributed by atoms with Gasteiger partial charge in [-0.05, 0) is 53.8 Å². The summed E-state index contributed by atoms with van der Waals surface area (Å²) in [7, 11) is 0. The number of aliphatic hydroxyl groups excluding tert-OH is 1. The fourth-order valence-electron chi connectivity index (χ4n) is 3.95. The van der Waals surface area contributed by atoms with Gasteiger partial charge in [-0.3, -0.25) is 19.5 Å². The number of Topliss-reactive ketones (excluding diaryl/α,β-unsaturated/α-hetero) is 1. The Hall–Kier alpha value is -3.73. The van der Waals surface area contributed by atoms with Gasteiger partial charge in [0.2, 0.25) is 0 Å². The van der Waals surface area contributed by atoms with E-state index in [-0.39, 0.29) is 17.8 Å². The van der Waals surface area contributed by atoms with E-state index in [1.54, 1.807) is 24.5 Å². The maximum Gasteiger partial charge on any atom is 0.294 e. The summed E-state index contributed by atoms with van der Waals surface area (Å²) in [6.45, 7) is 2.06. The van der Waals surface area contributed by atoms with E-state index in [4.69, 9.17) is 0 Å². The third-order valence-electron chi connectivity index (χ3n) is 5.64. The lowest BCUT2D eigenvalue weighted by Gasteiger charge is -2.27. The standard InChI is InChI=1S/C26H24N2O3/c1-2-18-8-11-21(12-9-18)28-24(20-14-16-27-17-15-20)23(25(30)26(28)31)22(29)13-10-19-6-4-3-5-7-19/h3-9,11-12,14-17,24,30H,2,10,13H2,1H3. The highest BCUT2D eigenvalue weighted by atomic mass is 16.3. The Morgan fingerprint density at radius 3 is 2.29 bits per heavy atom. The summed E-state index contributed by atoms with van der Waals surface area (Å²) in [5.41, 5.74) is 3.70. The Bertz CT molecular complexity index is 1110. The number of carbonyl (C=O) groups excluding carboxylic acids is 2. The zero-order valence-corrected chi connectivity index (χ0v) is 17.4. The van der Waals surface area contributed by atoms with Crippen LogP contribution in [-0.4, -0.2) is 21.8 Å². The van der Waals surface area contributed by atoms with Crippen LogP contribution >= 0.6 is 0 Å². The molecule has 1 amide bonds. The van der Waals surface area contributed by atoms with Crippen molar-refractivity contribution in [3.8, 4) is 0 Å². The topological polar surface area (TPSA) is 70.5 Å². The fourth-order valence-corrected chi connectivity index (χ4v) is 3.95. The van der Waals surface area contributed by atoms with Gasteiger partial charge in [-0.1, -0.05) is 49.4 Å². The Balaban J connectivity index is 1.70. The zero-order valence-electron chi connectivity index (χ0n) is 17.4. The third kappa shape index (κ3) is 4.12. The lowest BCUT2D eigenvalue weighted by atomic mass is 9.93. The maximum atomic E-state index is 13.2. The molecule has 1 aliphatic heterocycles. The minimum Gasteiger partial charge on any atom is -0.503 e. The zero-order chi connectivity index (χ0) is 21.8. The summed E-state index contributed by atoms with van der Waals surface area (Å²) in [4.78, 5) is 31.9. The predicted molar refractivity (Wildman–Crippen MR) is 120 cm³/mol. The smallest absolute Gasteiger partial charge is 0.294 e. The normalized spacial score (nSPS) is 16.1. The van der Waals surface area contributed by atoms with Crippen LogP contribution in [0.15, 0.2) is 90.5 Å². The Labute approximate surface area is 181 Å². The van der Waals surface area contributed by atoms with Crippen LogP contribution in [0.3, 0.4) is 0 Å². The molecule has 156 valence electrons. The van der Waals surface area contributed by atoms with Crippen molar-refractivity contribution in [2.75, 3.05) is 4.90 Å². The van der Waals surface area contributed by atoms with Gasteiger partial charge in [0.1, 0.15) is 0 Å². The minimum atomic E-state index is -0.689. The van der Waals surface area contributed by atoms with Crippen LogP contribution in [0.5, 0.6) is 0 Å². The molecule has 5 nitrogen and oxygen atoms in total. The van der Waals surface area contributed by atoms with Crippen molar-refractivity contribution < 1.29 is 14.7 Å². The van der Waals surface area contributed by atoms with Crippen molar-refractivity contribution in [2.45, 2.75) is 32.2 Å². The first-order valence-electron chi connectivity index (χ1n) is 10.4. The van der Waals surface area contributed by atoms with Crippen LogP contribution in [0.25, 0.3) is 0 Å². The second-order valence-corrected chi connectivity index (χ2v) is 7.55.